The standard InChI is InChI=1S/C18H20N4O5/c1-27-18(24)14-8-5-9-21(14)17(23)15(10-13-6-3-2-4-7-13)20-11-16(19-12-20)22(25)26/h2-4,6-7,11-12,14-15H,5,8-10H2,1H3/t14-,15?/m0/s1. The minimum Gasteiger partial charge on any atom is -0.467 e. The van der Waals surface area contributed by atoms with Gasteiger partial charge in [-0.05, 0) is 28.3 Å². The average Bonchev–Trinajstić information content (AvgIpc) is 3.35. The lowest BCUT2D eigenvalue weighted by molar-refractivity contribution is -0.389. The van der Waals surface area contributed by atoms with Gasteiger partial charge in [-0.25, -0.2) is 4.79 Å². The number of nitro groups is 1. The summed E-state index contributed by atoms with van der Waals surface area (Å²) in [6.07, 6.45) is 4.10. The molecule has 1 fully saturated rings. The third-order valence-corrected chi connectivity index (χ3v) is 4.70. The van der Waals surface area contributed by atoms with Gasteiger partial charge in [0.25, 0.3) is 0 Å². The minimum absolute atomic E-state index is 0.279. The molecule has 1 unspecified atom stereocenters. The first-order chi connectivity index (χ1) is 13.0. The van der Waals surface area contributed by atoms with Crippen LogP contribution < -0.4 is 0 Å². The molecule has 1 aromatic carbocycles. The van der Waals surface area contributed by atoms with E-state index in [0.29, 0.717) is 25.8 Å². The molecule has 142 valence electrons. The van der Waals surface area contributed by atoms with Crippen LogP contribution in [0.15, 0.2) is 42.9 Å². The van der Waals surface area contributed by atoms with Gasteiger partial charge in [-0.2, -0.15) is 0 Å². The Morgan fingerprint density at radius 1 is 1.37 bits per heavy atom. The second kappa shape index (κ2) is 7.98. The number of likely N-dealkylation sites (tertiary alicyclic amines) is 1. The van der Waals surface area contributed by atoms with Crippen LogP contribution in [-0.2, 0) is 20.7 Å². The molecular formula is C18H20N4O5. The van der Waals surface area contributed by atoms with E-state index in [0.717, 1.165) is 5.56 Å². The maximum Gasteiger partial charge on any atom is 0.381 e. The fraction of sp³-hybridized carbons (Fsp3) is 0.389. The number of benzene rings is 1. The highest BCUT2D eigenvalue weighted by molar-refractivity contribution is 5.87. The van der Waals surface area contributed by atoms with E-state index < -0.39 is 23.0 Å². The smallest absolute Gasteiger partial charge is 0.381 e. The molecule has 1 aromatic heterocycles. The molecule has 0 bridgehead atoms. The van der Waals surface area contributed by atoms with Crippen molar-refractivity contribution in [1.29, 1.82) is 0 Å². The number of amides is 1. The lowest BCUT2D eigenvalue weighted by Gasteiger charge is -2.27. The first-order valence-corrected chi connectivity index (χ1v) is 8.61. The van der Waals surface area contributed by atoms with E-state index in [9.17, 15) is 19.7 Å². The van der Waals surface area contributed by atoms with E-state index in [1.807, 2.05) is 30.3 Å². The molecule has 27 heavy (non-hydrogen) atoms. The summed E-state index contributed by atoms with van der Waals surface area (Å²) in [4.78, 5) is 40.9. The summed E-state index contributed by atoms with van der Waals surface area (Å²) in [5.74, 6) is -1.05. The summed E-state index contributed by atoms with van der Waals surface area (Å²) in [5.41, 5.74) is 0.904. The highest BCUT2D eigenvalue weighted by Gasteiger charge is 2.38. The molecular weight excluding hydrogens is 352 g/mol. The average molecular weight is 372 g/mol. The van der Waals surface area contributed by atoms with Crippen molar-refractivity contribution >= 4 is 17.7 Å². The molecule has 1 aliphatic rings. The second-order valence-corrected chi connectivity index (χ2v) is 6.35. The quantitative estimate of drug-likeness (QED) is 0.434. The Kier molecular flexibility index (Phi) is 5.49. The van der Waals surface area contributed by atoms with Crippen molar-refractivity contribution in [1.82, 2.24) is 14.5 Å². The number of rotatable bonds is 6. The number of nitrogens with zero attached hydrogens (tertiary/aromatic N) is 4. The van der Waals surface area contributed by atoms with Crippen LogP contribution in [0.5, 0.6) is 0 Å². The van der Waals surface area contributed by atoms with Crippen LogP contribution in [0, 0.1) is 10.1 Å². The number of esters is 1. The Labute approximate surface area is 155 Å². The zero-order valence-electron chi connectivity index (χ0n) is 14.9. The maximum atomic E-state index is 13.3. The highest BCUT2D eigenvalue weighted by Crippen LogP contribution is 2.26. The summed E-state index contributed by atoms with van der Waals surface area (Å²) in [7, 11) is 1.30. The fourth-order valence-electron chi connectivity index (χ4n) is 3.35. The minimum atomic E-state index is -0.737. The molecule has 2 atom stereocenters. The number of imidazole rings is 1. The van der Waals surface area contributed by atoms with Crippen molar-refractivity contribution in [2.75, 3.05) is 13.7 Å². The zero-order valence-corrected chi connectivity index (χ0v) is 14.9. The van der Waals surface area contributed by atoms with Gasteiger partial charge in [-0.1, -0.05) is 30.3 Å². The van der Waals surface area contributed by atoms with Crippen molar-refractivity contribution in [2.45, 2.75) is 31.3 Å². The Hall–Kier alpha value is -3.23. The second-order valence-electron chi connectivity index (χ2n) is 6.35. The molecule has 0 radical (unpaired) electrons. The third-order valence-electron chi connectivity index (χ3n) is 4.70. The number of ether oxygens (including phenoxy) is 1. The predicted molar refractivity (Wildman–Crippen MR) is 94.8 cm³/mol. The Balaban J connectivity index is 1.91. The van der Waals surface area contributed by atoms with Gasteiger partial charge >= 0.3 is 11.8 Å². The largest absolute Gasteiger partial charge is 0.467 e. The van der Waals surface area contributed by atoms with E-state index in [1.165, 1.54) is 29.1 Å². The molecule has 9 nitrogen and oxygen atoms in total. The van der Waals surface area contributed by atoms with Crippen molar-refractivity contribution in [2.24, 2.45) is 0 Å². The van der Waals surface area contributed by atoms with E-state index in [4.69, 9.17) is 4.74 Å². The lowest BCUT2D eigenvalue weighted by Crippen LogP contribution is -2.45. The van der Waals surface area contributed by atoms with E-state index in [1.54, 1.807) is 0 Å². The monoisotopic (exact) mass is 372 g/mol. The van der Waals surface area contributed by atoms with Crippen LogP contribution in [0.25, 0.3) is 0 Å². The van der Waals surface area contributed by atoms with Crippen molar-refractivity contribution in [3.8, 4) is 0 Å². The van der Waals surface area contributed by atoms with Crippen LogP contribution in [0.1, 0.15) is 24.4 Å². The third kappa shape index (κ3) is 3.97. The van der Waals surface area contributed by atoms with Gasteiger partial charge < -0.3 is 19.8 Å². The maximum absolute atomic E-state index is 13.3. The van der Waals surface area contributed by atoms with Crippen LogP contribution in [0.2, 0.25) is 0 Å². The van der Waals surface area contributed by atoms with Gasteiger partial charge in [0.05, 0.1) is 7.11 Å². The topological polar surface area (TPSA) is 108 Å². The molecule has 2 aromatic rings. The summed E-state index contributed by atoms with van der Waals surface area (Å²) >= 11 is 0. The summed E-state index contributed by atoms with van der Waals surface area (Å²) < 4.78 is 6.26. The molecule has 2 heterocycles. The van der Waals surface area contributed by atoms with E-state index in [-0.39, 0.29) is 11.7 Å². The summed E-state index contributed by atoms with van der Waals surface area (Å²) in [6.45, 7) is 0.445. The number of hydrogen-bond acceptors (Lipinski definition) is 6. The predicted octanol–water partition coefficient (Wildman–Crippen LogP) is 1.74. The van der Waals surface area contributed by atoms with Crippen molar-refractivity contribution in [3.05, 3.63) is 58.5 Å². The van der Waals surface area contributed by atoms with E-state index in [2.05, 4.69) is 4.98 Å². The molecule has 3 rings (SSSR count). The number of aromatic nitrogens is 2. The van der Waals surface area contributed by atoms with Gasteiger partial charge in [-0.3, -0.25) is 9.36 Å². The molecule has 0 saturated carbocycles. The molecule has 0 spiro atoms. The SMILES string of the molecule is COC(=O)[C@@H]1CCCN1C(=O)C(Cc1ccccc1)n1cnc([N+](=O)[O-])c1. The molecule has 1 saturated heterocycles. The first kappa shape index (κ1) is 18.6. The zero-order chi connectivity index (χ0) is 19.4. The Morgan fingerprint density at radius 2 is 2.11 bits per heavy atom. The number of methoxy groups -OCH3 is 1. The normalized spacial score (nSPS) is 17.5. The van der Waals surface area contributed by atoms with Crippen LogP contribution in [0.4, 0.5) is 5.82 Å². The molecule has 0 N–H and O–H groups in total. The summed E-state index contributed by atoms with van der Waals surface area (Å²) in [5, 5.41) is 11.0. The van der Waals surface area contributed by atoms with Crippen LogP contribution >= 0.6 is 0 Å². The van der Waals surface area contributed by atoms with Crippen molar-refractivity contribution in [3.63, 3.8) is 0 Å². The Morgan fingerprint density at radius 3 is 2.74 bits per heavy atom. The number of carbonyl (C=O) groups is 2. The molecule has 0 aliphatic carbocycles. The summed E-state index contributed by atoms with van der Waals surface area (Å²) in [6, 6.07) is 8.00. The van der Waals surface area contributed by atoms with Crippen LogP contribution in [-0.4, -0.2) is 50.9 Å². The lowest BCUT2D eigenvalue weighted by atomic mass is 10.0. The van der Waals surface area contributed by atoms with Gasteiger partial charge in [0.15, 0.2) is 0 Å². The van der Waals surface area contributed by atoms with Crippen molar-refractivity contribution < 1.29 is 19.2 Å². The molecule has 1 aliphatic heterocycles. The Bertz CT molecular complexity index is 835. The van der Waals surface area contributed by atoms with Gasteiger partial charge in [0.1, 0.15) is 18.3 Å². The molecule has 9 heteroatoms. The van der Waals surface area contributed by atoms with Gasteiger partial charge in [0, 0.05) is 13.0 Å². The highest BCUT2D eigenvalue weighted by atomic mass is 16.6. The number of carbonyl (C=O) groups excluding carboxylic acids is 2. The van der Waals surface area contributed by atoms with E-state index >= 15 is 0 Å². The fourth-order valence-corrected chi connectivity index (χ4v) is 3.35. The number of hydrogen-bond donors (Lipinski definition) is 0. The molecule has 1 amide bonds. The first-order valence-electron chi connectivity index (χ1n) is 8.61. The van der Waals surface area contributed by atoms with Gasteiger partial charge in [0.2, 0.25) is 12.2 Å². The van der Waals surface area contributed by atoms with Crippen LogP contribution in [0.3, 0.4) is 0 Å². The van der Waals surface area contributed by atoms with Gasteiger partial charge in [-0.15, -0.1) is 0 Å².